The molecule has 0 amide bonds. The van der Waals surface area contributed by atoms with Crippen molar-refractivity contribution in [3.05, 3.63) is 0 Å². The van der Waals surface area contributed by atoms with Crippen LogP contribution in [0.3, 0.4) is 0 Å². The van der Waals surface area contributed by atoms with Crippen molar-refractivity contribution in [3.8, 4) is 0 Å². The van der Waals surface area contributed by atoms with Gasteiger partial charge in [-0.2, -0.15) is 0 Å². The third-order valence-electron chi connectivity index (χ3n) is 2.57. The average molecular weight is 188 g/mol. The van der Waals surface area contributed by atoms with Gasteiger partial charge in [0.15, 0.2) is 0 Å². The highest BCUT2D eigenvalue weighted by Gasteiger charge is 2.30. The Kier molecular flexibility index (Phi) is 4.45. The van der Waals surface area contributed by atoms with Gasteiger partial charge in [0.25, 0.3) is 0 Å². The summed E-state index contributed by atoms with van der Waals surface area (Å²) in [7, 11) is 0. The number of hydrogen-bond donors (Lipinski definition) is 2. The van der Waals surface area contributed by atoms with E-state index in [9.17, 15) is 9.59 Å². The largest absolute Gasteiger partial charge is 0.481 e. The molecule has 2 N–H and O–H groups in total. The fourth-order valence-corrected chi connectivity index (χ4v) is 1.34. The molecule has 0 saturated carbocycles. The van der Waals surface area contributed by atoms with Crippen LogP contribution in [-0.2, 0) is 9.59 Å². The van der Waals surface area contributed by atoms with Gasteiger partial charge in [0, 0.05) is 0 Å². The van der Waals surface area contributed by atoms with Crippen LogP contribution in [0.15, 0.2) is 0 Å². The SMILES string of the molecule is CCC(C(=O)O)C(C)C(C)C(=O)O. The van der Waals surface area contributed by atoms with Crippen LogP contribution in [0.5, 0.6) is 0 Å². The molecule has 0 aliphatic carbocycles. The van der Waals surface area contributed by atoms with Crippen LogP contribution in [0, 0.1) is 17.8 Å². The first kappa shape index (κ1) is 11.9. The van der Waals surface area contributed by atoms with Crippen LogP contribution in [0.4, 0.5) is 0 Å². The molecule has 0 aliphatic rings. The van der Waals surface area contributed by atoms with Crippen LogP contribution in [0.2, 0.25) is 0 Å². The van der Waals surface area contributed by atoms with Crippen molar-refractivity contribution >= 4 is 11.9 Å². The van der Waals surface area contributed by atoms with E-state index in [2.05, 4.69) is 0 Å². The van der Waals surface area contributed by atoms with Crippen molar-refractivity contribution in [2.75, 3.05) is 0 Å². The van der Waals surface area contributed by atoms with Gasteiger partial charge in [-0.3, -0.25) is 9.59 Å². The summed E-state index contributed by atoms with van der Waals surface area (Å²) < 4.78 is 0. The van der Waals surface area contributed by atoms with Crippen LogP contribution in [0.1, 0.15) is 27.2 Å². The molecule has 0 aromatic heterocycles. The molecule has 0 bridgehead atoms. The molecule has 0 aromatic rings. The zero-order chi connectivity index (χ0) is 10.6. The summed E-state index contributed by atoms with van der Waals surface area (Å²) in [6.45, 7) is 4.96. The highest BCUT2D eigenvalue weighted by molar-refractivity contribution is 5.74. The maximum absolute atomic E-state index is 10.7. The van der Waals surface area contributed by atoms with E-state index in [-0.39, 0.29) is 5.92 Å². The first-order valence-electron chi connectivity index (χ1n) is 4.37. The third kappa shape index (κ3) is 3.05. The minimum Gasteiger partial charge on any atom is -0.481 e. The zero-order valence-electron chi connectivity index (χ0n) is 8.15. The van der Waals surface area contributed by atoms with E-state index in [1.54, 1.807) is 20.8 Å². The Labute approximate surface area is 77.6 Å². The number of carboxylic acid groups (broad SMARTS) is 2. The lowest BCUT2D eigenvalue weighted by molar-refractivity contribution is -0.148. The van der Waals surface area contributed by atoms with Crippen molar-refractivity contribution in [1.82, 2.24) is 0 Å². The van der Waals surface area contributed by atoms with Gasteiger partial charge in [0.05, 0.1) is 11.8 Å². The maximum Gasteiger partial charge on any atom is 0.306 e. The summed E-state index contributed by atoms with van der Waals surface area (Å²) >= 11 is 0. The van der Waals surface area contributed by atoms with Gasteiger partial charge < -0.3 is 10.2 Å². The fourth-order valence-electron chi connectivity index (χ4n) is 1.34. The molecular formula is C9H16O4. The van der Waals surface area contributed by atoms with E-state index in [0.29, 0.717) is 6.42 Å². The first-order chi connectivity index (χ1) is 5.91. The van der Waals surface area contributed by atoms with Crippen LogP contribution in [0.25, 0.3) is 0 Å². The summed E-state index contributed by atoms with van der Waals surface area (Å²) in [6.07, 6.45) is 0.466. The van der Waals surface area contributed by atoms with Crippen molar-refractivity contribution < 1.29 is 19.8 Å². The Bertz CT molecular complexity index is 200. The highest BCUT2D eigenvalue weighted by atomic mass is 16.4. The quantitative estimate of drug-likeness (QED) is 0.684. The Morgan fingerprint density at radius 2 is 1.62 bits per heavy atom. The molecule has 0 heterocycles. The molecule has 0 saturated heterocycles. The molecule has 0 aromatic carbocycles. The monoisotopic (exact) mass is 188 g/mol. The van der Waals surface area contributed by atoms with Crippen molar-refractivity contribution in [1.29, 1.82) is 0 Å². The lowest BCUT2D eigenvalue weighted by Gasteiger charge is -2.21. The summed E-state index contributed by atoms with van der Waals surface area (Å²) in [4.78, 5) is 21.3. The molecule has 3 atom stereocenters. The normalized spacial score (nSPS) is 17.5. The van der Waals surface area contributed by atoms with Gasteiger partial charge in [-0.15, -0.1) is 0 Å². The summed E-state index contributed by atoms with van der Waals surface area (Å²) in [5, 5.41) is 17.5. The molecule has 0 radical (unpaired) electrons. The third-order valence-corrected chi connectivity index (χ3v) is 2.57. The van der Waals surface area contributed by atoms with Gasteiger partial charge in [0.1, 0.15) is 0 Å². The van der Waals surface area contributed by atoms with Gasteiger partial charge in [0.2, 0.25) is 0 Å². The minimum atomic E-state index is -0.938. The van der Waals surface area contributed by atoms with E-state index in [0.717, 1.165) is 0 Å². The number of hydrogen-bond acceptors (Lipinski definition) is 2. The van der Waals surface area contributed by atoms with Gasteiger partial charge in [-0.1, -0.05) is 20.8 Å². The molecular weight excluding hydrogens is 172 g/mol. The second-order valence-corrected chi connectivity index (χ2v) is 3.34. The van der Waals surface area contributed by atoms with Crippen LogP contribution < -0.4 is 0 Å². The second kappa shape index (κ2) is 4.84. The lowest BCUT2D eigenvalue weighted by Crippen LogP contribution is -2.29. The molecule has 4 heteroatoms. The zero-order valence-corrected chi connectivity index (χ0v) is 8.15. The van der Waals surface area contributed by atoms with E-state index in [4.69, 9.17) is 10.2 Å². The molecule has 13 heavy (non-hydrogen) atoms. The van der Waals surface area contributed by atoms with E-state index < -0.39 is 23.8 Å². The average Bonchev–Trinajstić information content (AvgIpc) is 2.03. The highest BCUT2D eigenvalue weighted by Crippen LogP contribution is 2.23. The van der Waals surface area contributed by atoms with Gasteiger partial charge >= 0.3 is 11.9 Å². The molecule has 0 spiro atoms. The van der Waals surface area contributed by atoms with Crippen molar-refractivity contribution in [2.45, 2.75) is 27.2 Å². The molecule has 76 valence electrons. The first-order valence-corrected chi connectivity index (χ1v) is 4.37. The Balaban J connectivity index is 4.45. The number of rotatable bonds is 5. The van der Waals surface area contributed by atoms with E-state index >= 15 is 0 Å². The molecule has 3 unspecified atom stereocenters. The smallest absolute Gasteiger partial charge is 0.306 e. The standard InChI is InChI=1S/C9H16O4/c1-4-7(9(12)13)5(2)6(3)8(10)11/h5-7H,4H2,1-3H3,(H,10,11)(H,12,13). The lowest BCUT2D eigenvalue weighted by atomic mass is 9.82. The molecule has 0 fully saturated rings. The topological polar surface area (TPSA) is 74.6 Å². The molecule has 0 aliphatic heterocycles. The van der Waals surface area contributed by atoms with E-state index in [1.807, 2.05) is 0 Å². The second-order valence-electron chi connectivity index (χ2n) is 3.34. The minimum absolute atomic E-state index is 0.333. The fraction of sp³-hybridized carbons (Fsp3) is 0.778. The molecule has 4 nitrogen and oxygen atoms in total. The van der Waals surface area contributed by atoms with Crippen molar-refractivity contribution in [3.63, 3.8) is 0 Å². The Morgan fingerprint density at radius 1 is 1.15 bits per heavy atom. The Morgan fingerprint density at radius 3 is 1.85 bits per heavy atom. The molecule has 0 rings (SSSR count). The number of carbonyl (C=O) groups is 2. The number of carboxylic acids is 2. The van der Waals surface area contributed by atoms with Gasteiger partial charge in [-0.05, 0) is 12.3 Å². The summed E-state index contributed by atoms with van der Waals surface area (Å²) in [6, 6.07) is 0. The summed E-state index contributed by atoms with van der Waals surface area (Å²) in [5.41, 5.74) is 0. The van der Waals surface area contributed by atoms with E-state index in [1.165, 1.54) is 0 Å². The predicted octanol–water partition coefficient (Wildman–Crippen LogP) is 1.45. The van der Waals surface area contributed by atoms with Crippen LogP contribution >= 0.6 is 0 Å². The summed E-state index contributed by atoms with van der Waals surface area (Å²) in [5.74, 6) is -3.36. The Hall–Kier alpha value is -1.06. The number of aliphatic carboxylic acids is 2. The van der Waals surface area contributed by atoms with Crippen LogP contribution in [-0.4, -0.2) is 22.2 Å². The maximum atomic E-state index is 10.7. The van der Waals surface area contributed by atoms with Crippen molar-refractivity contribution in [2.24, 2.45) is 17.8 Å². The predicted molar refractivity (Wildman–Crippen MR) is 47.4 cm³/mol. The van der Waals surface area contributed by atoms with Gasteiger partial charge in [-0.25, -0.2) is 0 Å².